The van der Waals surface area contributed by atoms with Gasteiger partial charge in [-0.3, -0.25) is 0 Å². The molecule has 1 atom stereocenters. The van der Waals surface area contributed by atoms with E-state index in [4.69, 9.17) is 17.3 Å². The van der Waals surface area contributed by atoms with E-state index >= 15 is 0 Å². The Balaban J connectivity index is 2.04. The standard InChI is InChI=1S/C12H19ClN4/c1-16-6-5-9(7-16)8-17(2)12-10(14)3-4-11(13)15-12/h3-4,9H,5-8,14H2,1-2H3. The summed E-state index contributed by atoms with van der Waals surface area (Å²) in [5.74, 6) is 1.47. The van der Waals surface area contributed by atoms with E-state index in [1.54, 1.807) is 6.07 Å². The average molecular weight is 255 g/mol. The smallest absolute Gasteiger partial charge is 0.153 e. The number of nitrogens with two attached hydrogens (primary N) is 1. The molecule has 0 aliphatic carbocycles. The fourth-order valence-corrected chi connectivity index (χ4v) is 2.53. The fourth-order valence-electron chi connectivity index (χ4n) is 2.39. The Morgan fingerprint density at radius 3 is 3.00 bits per heavy atom. The monoisotopic (exact) mass is 254 g/mol. The fraction of sp³-hybridized carbons (Fsp3) is 0.583. The minimum atomic E-state index is 0.490. The Morgan fingerprint density at radius 2 is 2.35 bits per heavy atom. The van der Waals surface area contributed by atoms with E-state index in [0.717, 1.165) is 18.9 Å². The van der Waals surface area contributed by atoms with E-state index in [2.05, 4.69) is 21.8 Å². The van der Waals surface area contributed by atoms with Crippen molar-refractivity contribution in [3.05, 3.63) is 17.3 Å². The molecule has 5 heteroatoms. The number of hydrogen-bond donors (Lipinski definition) is 1. The van der Waals surface area contributed by atoms with Gasteiger partial charge < -0.3 is 15.5 Å². The third-order valence-corrected chi connectivity index (χ3v) is 3.46. The lowest BCUT2D eigenvalue weighted by Crippen LogP contribution is -2.28. The second-order valence-electron chi connectivity index (χ2n) is 4.84. The first-order chi connectivity index (χ1) is 8.06. The molecule has 1 aromatic heterocycles. The minimum absolute atomic E-state index is 0.490. The van der Waals surface area contributed by atoms with Crippen LogP contribution in [0.25, 0.3) is 0 Å². The zero-order chi connectivity index (χ0) is 12.4. The van der Waals surface area contributed by atoms with Crippen molar-refractivity contribution < 1.29 is 0 Å². The van der Waals surface area contributed by atoms with E-state index in [9.17, 15) is 0 Å². The highest BCUT2D eigenvalue weighted by Gasteiger charge is 2.21. The Bertz CT molecular complexity index is 396. The Kier molecular flexibility index (Phi) is 3.74. The number of aromatic nitrogens is 1. The van der Waals surface area contributed by atoms with Crippen molar-refractivity contribution in [1.82, 2.24) is 9.88 Å². The summed E-state index contributed by atoms with van der Waals surface area (Å²) in [6.07, 6.45) is 1.24. The highest BCUT2D eigenvalue weighted by molar-refractivity contribution is 6.29. The lowest BCUT2D eigenvalue weighted by atomic mass is 10.1. The van der Waals surface area contributed by atoms with E-state index in [1.165, 1.54) is 13.0 Å². The zero-order valence-corrected chi connectivity index (χ0v) is 11.1. The SMILES string of the molecule is CN1CCC(CN(C)c2nc(Cl)ccc2N)C1. The second-order valence-corrected chi connectivity index (χ2v) is 5.23. The molecule has 0 saturated carbocycles. The van der Waals surface area contributed by atoms with Gasteiger partial charge in [-0.2, -0.15) is 0 Å². The molecular formula is C12H19ClN4. The third-order valence-electron chi connectivity index (χ3n) is 3.25. The lowest BCUT2D eigenvalue weighted by molar-refractivity contribution is 0.395. The van der Waals surface area contributed by atoms with Gasteiger partial charge in [-0.15, -0.1) is 0 Å². The number of anilines is 2. The van der Waals surface area contributed by atoms with Crippen molar-refractivity contribution in [3.63, 3.8) is 0 Å². The van der Waals surface area contributed by atoms with Gasteiger partial charge in [0.05, 0.1) is 5.69 Å². The molecule has 1 saturated heterocycles. The molecular weight excluding hydrogens is 236 g/mol. The molecule has 0 radical (unpaired) electrons. The van der Waals surface area contributed by atoms with Crippen LogP contribution in [0.5, 0.6) is 0 Å². The number of likely N-dealkylation sites (tertiary alicyclic amines) is 1. The predicted molar refractivity (Wildman–Crippen MR) is 72.5 cm³/mol. The van der Waals surface area contributed by atoms with Gasteiger partial charge >= 0.3 is 0 Å². The second kappa shape index (κ2) is 5.10. The Morgan fingerprint density at radius 1 is 1.59 bits per heavy atom. The van der Waals surface area contributed by atoms with Gasteiger partial charge in [-0.1, -0.05) is 11.6 Å². The van der Waals surface area contributed by atoms with Crippen LogP contribution in [-0.2, 0) is 0 Å². The van der Waals surface area contributed by atoms with Gasteiger partial charge in [-0.25, -0.2) is 4.98 Å². The highest BCUT2D eigenvalue weighted by atomic mass is 35.5. The van der Waals surface area contributed by atoms with Crippen molar-refractivity contribution in [2.24, 2.45) is 5.92 Å². The van der Waals surface area contributed by atoms with Crippen molar-refractivity contribution in [3.8, 4) is 0 Å². The van der Waals surface area contributed by atoms with E-state index in [-0.39, 0.29) is 0 Å². The van der Waals surface area contributed by atoms with Gasteiger partial charge in [0.1, 0.15) is 5.15 Å². The third kappa shape index (κ3) is 3.01. The number of nitrogens with zero attached hydrogens (tertiary/aromatic N) is 3. The van der Waals surface area contributed by atoms with Crippen LogP contribution in [0.4, 0.5) is 11.5 Å². The maximum atomic E-state index is 5.92. The first-order valence-corrected chi connectivity index (χ1v) is 6.25. The van der Waals surface area contributed by atoms with Crippen molar-refractivity contribution in [1.29, 1.82) is 0 Å². The van der Waals surface area contributed by atoms with E-state index in [0.29, 0.717) is 16.8 Å². The molecule has 1 aromatic rings. The Labute approximate surface area is 107 Å². The van der Waals surface area contributed by atoms with Crippen molar-refractivity contribution in [2.75, 3.05) is 44.4 Å². The molecule has 0 aromatic carbocycles. The quantitative estimate of drug-likeness (QED) is 0.835. The topological polar surface area (TPSA) is 45.4 Å². The molecule has 2 N–H and O–H groups in total. The summed E-state index contributed by atoms with van der Waals surface area (Å²) >= 11 is 5.90. The molecule has 1 fully saturated rings. The first kappa shape index (κ1) is 12.5. The maximum Gasteiger partial charge on any atom is 0.153 e. The van der Waals surface area contributed by atoms with Crippen LogP contribution >= 0.6 is 11.6 Å². The van der Waals surface area contributed by atoms with Crippen molar-refractivity contribution >= 4 is 23.1 Å². The van der Waals surface area contributed by atoms with Crippen molar-refractivity contribution in [2.45, 2.75) is 6.42 Å². The number of pyridine rings is 1. The van der Waals surface area contributed by atoms with Crippen LogP contribution in [0.15, 0.2) is 12.1 Å². The molecule has 17 heavy (non-hydrogen) atoms. The molecule has 2 rings (SSSR count). The number of hydrogen-bond acceptors (Lipinski definition) is 4. The predicted octanol–water partition coefficient (Wildman–Crippen LogP) is 1.71. The van der Waals surface area contributed by atoms with Crippen LogP contribution in [0.2, 0.25) is 5.15 Å². The summed E-state index contributed by atoms with van der Waals surface area (Å²) in [6, 6.07) is 3.53. The van der Waals surface area contributed by atoms with Gasteiger partial charge in [0.25, 0.3) is 0 Å². The van der Waals surface area contributed by atoms with Crippen LogP contribution < -0.4 is 10.6 Å². The van der Waals surface area contributed by atoms with Gasteiger partial charge in [-0.05, 0) is 38.1 Å². The van der Waals surface area contributed by atoms with E-state index < -0.39 is 0 Å². The largest absolute Gasteiger partial charge is 0.396 e. The molecule has 0 bridgehead atoms. The minimum Gasteiger partial charge on any atom is -0.396 e. The number of halogens is 1. The molecule has 1 aliphatic rings. The summed E-state index contributed by atoms with van der Waals surface area (Å²) in [7, 11) is 4.18. The van der Waals surface area contributed by atoms with Gasteiger partial charge in [0.15, 0.2) is 5.82 Å². The normalized spacial score (nSPS) is 20.8. The van der Waals surface area contributed by atoms with E-state index in [1.807, 2.05) is 13.1 Å². The summed E-state index contributed by atoms with van der Waals surface area (Å²) in [4.78, 5) is 8.74. The maximum absolute atomic E-state index is 5.92. The molecule has 0 amide bonds. The van der Waals surface area contributed by atoms with Crippen LogP contribution in [0.1, 0.15) is 6.42 Å². The van der Waals surface area contributed by atoms with Crippen LogP contribution in [0.3, 0.4) is 0 Å². The van der Waals surface area contributed by atoms with Crippen LogP contribution in [0, 0.1) is 5.92 Å². The molecule has 2 heterocycles. The number of rotatable bonds is 3. The van der Waals surface area contributed by atoms with Gasteiger partial charge in [0, 0.05) is 20.1 Å². The molecule has 4 nitrogen and oxygen atoms in total. The molecule has 1 unspecified atom stereocenters. The lowest BCUT2D eigenvalue weighted by Gasteiger charge is -2.23. The summed E-state index contributed by atoms with van der Waals surface area (Å²) in [6.45, 7) is 3.30. The number of nitrogen functional groups attached to an aromatic ring is 1. The zero-order valence-electron chi connectivity index (χ0n) is 10.4. The highest BCUT2D eigenvalue weighted by Crippen LogP contribution is 2.24. The molecule has 94 valence electrons. The molecule has 1 aliphatic heterocycles. The summed E-state index contributed by atoms with van der Waals surface area (Å²) in [5, 5.41) is 0.490. The molecule has 0 spiro atoms. The van der Waals surface area contributed by atoms with Gasteiger partial charge in [0.2, 0.25) is 0 Å². The first-order valence-electron chi connectivity index (χ1n) is 5.88. The van der Waals surface area contributed by atoms with Crippen LogP contribution in [-0.4, -0.2) is 43.6 Å². The average Bonchev–Trinajstić information content (AvgIpc) is 2.67. The Hall–Kier alpha value is -1.00. The summed E-state index contributed by atoms with van der Waals surface area (Å²) in [5.41, 5.74) is 6.60. The summed E-state index contributed by atoms with van der Waals surface area (Å²) < 4.78 is 0.